The van der Waals surface area contributed by atoms with E-state index in [2.05, 4.69) is 20.9 Å². The molecule has 0 radical (unpaired) electrons. The molecule has 21 heavy (non-hydrogen) atoms. The van der Waals surface area contributed by atoms with E-state index in [0.717, 1.165) is 21.5 Å². The number of anilines is 1. The number of aromatic nitrogens is 2. The number of fused-ring (bicyclic) bond motifs is 1. The van der Waals surface area contributed by atoms with Crippen LogP contribution in [0.15, 0.2) is 29.0 Å². The van der Waals surface area contributed by atoms with Crippen LogP contribution in [0, 0.1) is 13.8 Å². The lowest BCUT2D eigenvalue weighted by atomic mass is 10.1. The van der Waals surface area contributed by atoms with E-state index in [9.17, 15) is 9.59 Å². The van der Waals surface area contributed by atoms with Crippen molar-refractivity contribution in [3.63, 3.8) is 0 Å². The van der Waals surface area contributed by atoms with E-state index in [1.807, 2.05) is 30.7 Å². The molecule has 3 rings (SSSR count). The summed E-state index contributed by atoms with van der Waals surface area (Å²) in [6, 6.07) is 3.63. The second-order valence-electron chi connectivity index (χ2n) is 5.07. The number of imidazole rings is 1. The molecule has 1 amide bonds. The topological polar surface area (TPSA) is 55.2 Å². The van der Waals surface area contributed by atoms with Crippen LogP contribution in [0.5, 0.6) is 0 Å². The third-order valence-electron chi connectivity index (χ3n) is 3.71. The first-order valence-corrected chi connectivity index (χ1v) is 7.42. The molecule has 0 atom stereocenters. The predicted octanol–water partition coefficient (Wildman–Crippen LogP) is 2.49. The highest BCUT2D eigenvalue weighted by Crippen LogP contribution is 2.34. The largest absolute Gasteiger partial charge is 0.333 e. The van der Waals surface area contributed by atoms with E-state index in [1.54, 1.807) is 17.2 Å². The molecule has 5 nitrogen and oxygen atoms in total. The fraction of sp³-hybridized carbons (Fsp3) is 0.267. The van der Waals surface area contributed by atoms with Crippen LogP contribution in [-0.2, 0) is 11.3 Å². The van der Waals surface area contributed by atoms with Gasteiger partial charge in [0, 0.05) is 30.0 Å². The number of Topliss-reactive ketones (excluding diaryl/α,β-unsaturated/α-hetero) is 1. The van der Waals surface area contributed by atoms with Crippen molar-refractivity contribution in [1.29, 1.82) is 0 Å². The Balaban J connectivity index is 1.93. The summed E-state index contributed by atoms with van der Waals surface area (Å²) < 4.78 is 2.77. The number of nitrogens with zero attached hydrogens (tertiary/aromatic N) is 3. The average Bonchev–Trinajstić information content (AvgIpc) is 2.93. The lowest BCUT2D eigenvalue weighted by molar-refractivity contribution is -0.114. The van der Waals surface area contributed by atoms with Gasteiger partial charge in [0.05, 0.1) is 11.3 Å². The minimum atomic E-state index is -0.455. The third-order valence-corrected chi connectivity index (χ3v) is 4.17. The van der Waals surface area contributed by atoms with Crippen LogP contribution >= 0.6 is 15.9 Å². The maximum atomic E-state index is 12.2. The first-order valence-electron chi connectivity index (χ1n) is 6.63. The van der Waals surface area contributed by atoms with Crippen LogP contribution in [0.4, 0.5) is 5.69 Å². The lowest BCUT2D eigenvalue weighted by Gasteiger charge is -2.19. The molecule has 1 aromatic heterocycles. The van der Waals surface area contributed by atoms with Crippen molar-refractivity contribution in [1.82, 2.24) is 9.55 Å². The van der Waals surface area contributed by atoms with E-state index in [4.69, 9.17) is 0 Å². The van der Waals surface area contributed by atoms with Gasteiger partial charge in [-0.3, -0.25) is 9.59 Å². The molecule has 0 bridgehead atoms. The Hall–Kier alpha value is -1.95. The van der Waals surface area contributed by atoms with E-state index < -0.39 is 11.7 Å². The summed E-state index contributed by atoms with van der Waals surface area (Å²) >= 11 is 3.37. The molecule has 6 heteroatoms. The van der Waals surface area contributed by atoms with Gasteiger partial charge in [-0.15, -0.1) is 0 Å². The monoisotopic (exact) mass is 347 g/mol. The van der Waals surface area contributed by atoms with Gasteiger partial charge in [0.2, 0.25) is 0 Å². The smallest absolute Gasteiger partial charge is 0.299 e. The van der Waals surface area contributed by atoms with Crippen molar-refractivity contribution in [2.75, 3.05) is 11.4 Å². The van der Waals surface area contributed by atoms with Crippen molar-refractivity contribution in [2.24, 2.45) is 0 Å². The number of carbonyl (C=O) groups is 2. The van der Waals surface area contributed by atoms with Crippen molar-refractivity contribution >= 4 is 33.3 Å². The minimum Gasteiger partial charge on any atom is -0.333 e. The molecule has 1 aromatic carbocycles. The van der Waals surface area contributed by atoms with Crippen molar-refractivity contribution in [3.8, 4) is 0 Å². The molecule has 2 heterocycles. The van der Waals surface area contributed by atoms with Gasteiger partial charge in [-0.25, -0.2) is 4.98 Å². The van der Waals surface area contributed by atoms with E-state index in [0.29, 0.717) is 18.7 Å². The molecule has 0 unspecified atom stereocenters. The molecule has 0 aliphatic carbocycles. The molecule has 0 N–H and O–H groups in total. The summed E-state index contributed by atoms with van der Waals surface area (Å²) in [6.45, 7) is 4.88. The number of aryl methyl sites for hydroxylation is 2. The Bertz CT molecular complexity index is 751. The number of amides is 1. The Morgan fingerprint density at radius 2 is 1.95 bits per heavy atom. The number of carbonyl (C=O) groups excluding carboxylic acids is 2. The van der Waals surface area contributed by atoms with E-state index in [-0.39, 0.29) is 0 Å². The molecule has 0 spiro atoms. The normalized spacial score (nSPS) is 14.0. The van der Waals surface area contributed by atoms with Gasteiger partial charge in [0.25, 0.3) is 11.7 Å². The van der Waals surface area contributed by atoms with Gasteiger partial charge in [0.15, 0.2) is 0 Å². The number of hydrogen-bond acceptors (Lipinski definition) is 3. The molecule has 1 aliphatic heterocycles. The highest BCUT2D eigenvalue weighted by molar-refractivity contribution is 9.10. The number of halogens is 1. The van der Waals surface area contributed by atoms with Gasteiger partial charge < -0.3 is 9.47 Å². The molecule has 0 saturated heterocycles. The van der Waals surface area contributed by atoms with Crippen LogP contribution in [0.3, 0.4) is 0 Å². The van der Waals surface area contributed by atoms with Crippen molar-refractivity contribution < 1.29 is 9.59 Å². The molecular formula is C15H14BrN3O2. The van der Waals surface area contributed by atoms with E-state index >= 15 is 0 Å². The van der Waals surface area contributed by atoms with Gasteiger partial charge in [-0.05, 0) is 31.5 Å². The van der Waals surface area contributed by atoms with Crippen LogP contribution in [0.25, 0.3) is 0 Å². The highest BCUT2D eigenvalue weighted by Gasteiger charge is 2.36. The Kier molecular flexibility index (Phi) is 3.41. The molecule has 108 valence electrons. The Morgan fingerprint density at radius 1 is 1.19 bits per heavy atom. The third kappa shape index (κ3) is 2.29. The first-order chi connectivity index (χ1) is 9.99. The second kappa shape index (κ2) is 5.11. The summed E-state index contributed by atoms with van der Waals surface area (Å²) in [6.07, 6.45) is 3.59. The number of benzene rings is 1. The van der Waals surface area contributed by atoms with Crippen molar-refractivity contribution in [2.45, 2.75) is 20.4 Å². The fourth-order valence-electron chi connectivity index (χ4n) is 2.67. The SMILES string of the molecule is Cc1cc(Br)cc2c1N(CCn1ccnc1C)C(=O)C2=O. The second-order valence-corrected chi connectivity index (χ2v) is 5.99. The zero-order valence-corrected chi connectivity index (χ0v) is 13.3. The number of rotatable bonds is 3. The van der Waals surface area contributed by atoms with Gasteiger partial charge in [-0.1, -0.05) is 15.9 Å². The van der Waals surface area contributed by atoms with Crippen LogP contribution in [0.1, 0.15) is 21.7 Å². The average molecular weight is 348 g/mol. The summed E-state index contributed by atoms with van der Waals surface area (Å²) in [5.41, 5.74) is 2.13. The standard InChI is InChI=1S/C15H14BrN3O2/c1-9-7-11(16)8-12-13(9)19(15(21)14(12)20)6-5-18-4-3-17-10(18)2/h3-4,7-8H,5-6H2,1-2H3. The maximum Gasteiger partial charge on any atom is 0.299 e. The first kappa shape index (κ1) is 14.0. The Labute approximate surface area is 130 Å². The van der Waals surface area contributed by atoms with Crippen LogP contribution in [-0.4, -0.2) is 27.8 Å². The fourth-order valence-corrected chi connectivity index (χ4v) is 3.24. The van der Waals surface area contributed by atoms with Crippen LogP contribution < -0.4 is 4.90 Å². The maximum absolute atomic E-state index is 12.2. The van der Waals surface area contributed by atoms with Gasteiger partial charge >= 0.3 is 0 Å². The molecule has 0 fully saturated rings. The quantitative estimate of drug-likeness (QED) is 0.801. The van der Waals surface area contributed by atoms with Gasteiger partial charge in [0.1, 0.15) is 5.82 Å². The summed E-state index contributed by atoms with van der Waals surface area (Å²) in [5.74, 6) is 0.00134. The van der Waals surface area contributed by atoms with E-state index in [1.165, 1.54) is 0 Å². The van der Waals surface area contributed by atoms with Crippen LogP contribution in [0.2, 0.25) is 0 Å². The zero-order valence-electron chi connectivity index (χ0n) is 11.8. The van der Waals surface area contributed by atoms with Crippen molar-refractivity contribution in [3.05, 3.63) is 46.0 Å². The summed E-state index contributed by atoms with van der Waals surface area (Å²) in [7, 11) is 0. The minimum absolute atomic E-state index is 0.434. The Morgan fingerprint density at radius 3 is 2.62 bits per heavy atom. The molecular weight excluding hydrogens is 334 g/mol. The van der Waals surface area contributed by atoms with Gasteiger partial charge in [-0.2, -0.15) is 0 Å². The summed E-state index contributed by atoms with van der Waals surface area (Å²) in [4.78, 5) is 30.0. The lowest BCUT2D eigenvalue weighted by Crippen LogP contribution is -2.33. The molecule has 0 saturated carbocycles. The zero-order chi connectivity index (χ0) is 15.1. The molecule has 2 aromatic rings. The predicted molar refractivity (Wildman–Crippen MR) is 82.5 cm³/mol. The highest BCUT2D eigenvalue weighted by atomic mass is 79.9. The summed E-state index contributed by atoms with van der Waals surface area (Å²) in [5, 5.41) is 0. The number of ketones is 1. The molecule has 1 aliphatic rings. The number of hydrogen-bond donors (Lipinski definition) is 0.